The maximum atomic E-state index is 12.5. The molecule has 6 nitrogen and oxygen atoms in total. The quantitative estimate of drug-likeness (QED) is 0.822. The summed E-state index contributed by atoms with van der Waals surface area (Å²) in [5.41, 5.74) is 1.31. The van der Waals surface area contributed by atoms with Gasteiger partial charge in [0.2, 0.25) is 0 Å². The number of nitrogens with one attached hydrogen (secondary N) is 1. The predicted molar refractivity (Wildman–Crippen MR) is 79.8 cm³/mol. The van der Waals surface area contributed by atoms with Crippen molar-refractivity contribution in [3.63, 3.8) is 0 Å². The van der Waals surface area contributed by atoms with E-state index in [4.69, 9.17) is 16.3 Å². The second-order valence-electron chi connectivity index (χ2n) is 4.47. The van der Waals surface area contributed by atoms with Crippen molar-refractivity contribution in [3.8, 4) is 5.75 Å². The summed E-state index contributed by atoms with van der Waals surface area (Å²) in [6, 6.07) is 7.22. The van der Waals surface area contributed by atoms with E-state index in [2.05, 4.69) is 10.2 Å². The number of aromatic amines is 1. The van der Waals surface area contributed by atoms with Crippen LogP contribution in [0.1, 0.15) is 11.1 Å². The number of sulfonamides is 1. The van der Waals surface area contributed by atoms with Crippen LogP contribution in [0, 0.1) is 0 Å². The first-order valence-electron chi connectivity index (χ1n) is 6.16. The van der Waals surface area contributed by atoms with Gasteiger partial charge in [0, 0.05) is 19.2 Å². The van der Waals surface area contributed by atoms with Crippen LogP contribution >= 0.6 is 11.6 Å². The van der Waals surface area contributed by atoms with Crippen LogP contribution in [0.15, 0.2) is 35.5 Å². The molecule has 0 spiro atoms. The highest BCUT2D eigenvalue weighted by Gasteiger charge is 2.25. The van der Waals surface area contributed by atoms with Gasteiger partial charge >= 0.3 is 0 Å². The van der Waals surface area contributed by atoms with Gasteiger partial charge in [0.25, 0.3) is 10.0 Å². The lowest BCUT2D eigenvalue weighted by molar-refractivity contribution is 0.414. The Morgan fingerprint density at radius 2 is 2.00 bits per heavy atom. The first-order chi connectivity index (χ1) is 9.98. The normalized spacial score (nSPS) is 11.8. The van der Waals surface area contributed by atoms with Gasteiger partial charge < -0.3 is 4.74 Å². The molecule has 1 heterocycles. The van der Waals surface area contributed by atoms with Gasteiger partial charge in [-0.1, -0.05) is 12.1 Å². The Bertz CT molecular complexity index is 698. The van der Waals surface area contributed by atoms with E-state index in [0.29, 0.717) is 5.56 Å². The highest BCUT2D eigenvalue weighted by molar-refractivity contribution is 7.89. The second-order valence-corrected chi connectivity index (χ2v) is 6.72. The topological polar surface area (TPSA) is 75.3 Å². The molecule has 1 aromatic heterocycles. The number of halogens is 1. The molecule has 0 amide bonds. The summed E-state index contributed by atoms with van der Waals surface area (Å²) in [7, 11) is -0.560. The molecule has 8 heteroatoms. The summed E-state index contributed by atoms with van der Waals surface area (Å²) in [6.45, 7) is 0.243. The zero-order chi connectivity index (χ0) is 15.5. The molecular formula is C13H16ClN3O3S. The monoisotopic (exact) mass is 329 g/mol. The Hall–Kier alpha value is -1.57. The zero-order valence-corrected chi connectivity index (χ0v) is 13.3. The van der Waals surface area contributed by atoms with E-state index in [0.717, 1.165) is 11.3 Å². The highest BCUT2D eigenvalue weighted by atomic mass is 35.5. The van der Waals surface area contributed by atoms with Crippen molar-refractivity contribution in [2.75, 3.05) is 14.2 Å². The van der Waals surface area contributed by atoms with E-state index in [1.807, 2.05) is 12.1 Å². The number of aromatic nitrogens is 2. The molecule has 0 atom stereocenters. The summed E-state index contributed by atoms with van der Waals surface area (Å²) in [4.78, 5) is 0. The van der Waals surface area contributed by atoms with Crippen LogP contribution in [-0.4, -0.2) is 37.1 Å². The first kappa shape index (κ1) is 15.8. The van der Waals surface area contributed by atoms with Crippen LogP contribution in [0.2, 0.25) is 0 Å². The molecule has 2 rings (SSSR count). The van der Waals surface area contributed by atoms with Crippen molar-refractivity contribution >= 4 is 21.6 Å². The largest absolute Gasteiger partial charge is 0.497 e. The molecular weight excluding hydrogens is 314 g/mol. The number of benzene rings is 1. The minimum atomic E-state index is -3.65. The Kier molecular flexibility index (Phi) is 4.87. The minimum Gasteiger partial charge on any atom is -0.497 e. The van der Waals surface area contributed by atoms with E-state index < -0.39 is 10.0 Å². The van der Waals surface area contributed by atoms with Crippen LogP contribution in [0.4, 0.5) is 0 Å². The Morgan fingerprint density at radius 1 is 1.33 bits per heavy atom. The van der Waals surface area contributed by atoms with Crippen LogP contribution in [0.5, 0.6) is 5.75 Å². The molecule has 0 saturated carbocycles. The summed E-state index contributed by atoms with van der Waals surface area (Å²) < 4.78 is 31.3. The fourth-order valence-corrected chi connectivity index (χ4v) is 3.38. The van der Waals surface area contributed by atoms with Crippen molar-refractivity contribution in [3.05, 3.63) is 41.6 Å². The molecule has 1 N–H and O–H groups in total. The summed E-state index contributed by atoms with van der Waals surface area (Å²) in [5.74, 6) is 0.809. The smallest absolute Gasteiger partial charge is 0.260 e. The van der Waals surface area contributed by atoms with Gasteiger partial charge in [0.1, 0.15) is 5.75 Å². The maximum Gasteiger partial charge on any atom is 0.260 e. The maximum absolute atomic E-state index is 12.5. The van der Waals surface area contributed by atoms with Crippen molar-refractivity contribution < 1.29 is 13.2 Å². The molecule has 0 fully saturated rings. The van der Waals surface area contributed by atoms with Crippen LogP contribution in [-0.2, 0) is 22.4 Å². The average molecular weight is 330 g/mol. The van der Waals surface area contributed by atoms with E-state index in [9.17, 15) is 8.42 Å². The third-order valence-corrected chi connectivity index (χ3v) is 5.16. The van der Waals surface area contributed by atoms with Crippen molar-refractivity contribution in [1.82, 2.24) is 14.5 Å². The molecule has 114 valence electrons. The fraction of sp³-hybridized carbons (Fsp3) is 0.308. The highest BCUT2D eigenvalue weighted by Crippen LogP contribution is 2.20. The van der Waals surface area contributed by atoms with Crippen LogP contribution < -0.4 is 4.74 Å². The van der Waals surface area contributed by atoms with Gasteiger partial charge in [0.15, 0.2) is 5.03 Å². The molecule has 1 aromatic carbocycles. The third kappa shape index (κ3) is 3.37. The second kappa shape index (κ2) is 6.46. The van der Waals surface area contributed by atoms with Crippen LogP contribution in [0.3, 0.4) is 0 Å². The number of H-pyrrole nitrogens is 1. The predicted octanol–water partition coefficient (Wildman–Crippen LogP) is 1.98. The molecule has 2 aromatic rings. The number of ether oxygens (including phenoxy) is 1. The molecule has 0 aliphatic carbocycles. The van der Waals surface area contributed by atoms with Gasteiger partial charge in [-0.3, -0.25) is 5.10 Å². The van der Waals surface area contributed by atoms with Gasteiger partial charge in [-0.2, -0.15) is 9.40 Å². The number of rotatable bonds is 6. The summed E-state index contributed by atoms with van der Waals surface area (Å²) >= 11 is 5.72. The molecule has 0 unspecified atom stereocenters. The Labute approximate surface area is 128 Å². The molecule has 21 heavy (non-hydrogen) atoms. The number of hydrogen-bond donors (Lipinski definition) is 1. The molecule has 0 radical (unpaired) electrons. The van der Waals surface area contributed by atoms with Crippen molar-refractivity contribution in [2.24, 2.45) is 0 Å². The summed E-state index contributed by atoms with van der Waals surface area (Å²) in [6.07, 6.45) is 1.42. The number of methoxy groups -OCH3 is 1. The van der Waals surface area contributed by atoms with Gasteiger partial charge in [-0.05, 0) is 17.7 Å². The third-order valence-electron chi connectivity index (χ3n) is 3.05. The zero-order valence-electron chi connectivity index (χ0n) is 11.7. The van der Waals surface area contributed by atoms with E-state index >= 15 is 0 Å². The average Bonchev–Trinajstić information content (AvgIpc) is 2.97. The van der Waals surface area contributed by atoms with Crippen LogP contribution in [0.25, 0.3) is 0 Å². The number of alkyl halides is 1. The standard InChI is InChI=1S/C13H16ClN3O3S/c1-17(9-10-3-5-12(20-2)6-4-10)21(18,19)13-11(7-14)8-15-16-13/h3-6,8H,7,9H2,1-2H3,(H,15,16). The Morgan fingerprint density at radius 3 is 2.57 bits per heavy atom. The minimum absolute atomic E-state index is 0.0357. The lowest BCUT2D eigenvalue weighted by Gasteiger charge is -2.17. The fourth-order valence-electron chi connectivity index (χ4n) is 1.85. The summed E-state index contributed by atoms with van der Waals surface area (Å²) in [5, 5.41) is 6.27. The molecule has 0 bridgehead atoms. The van der Waals surface area contributed by atoms with E-state index in [1.165, 1.54) is 17.5 Å². The van der Waals surface area contributed by atoms with Gasteiger partial charge in [-0.15, -0.1) is 11.6 Å². The first-order valence-corrected chi connectivity index (χ1v) is 8.14. The SMILES string of the molecule is COc1ccc(CN(C)S(=O)(=O)c2[nH]ncc2CCl)cc1. The number of nitrogens with zero attached hydrogens (tertiary/aromatic N) is 2. The van der Waals surface area contributed by atoms with Gasteiger partial charge in [0.05, 0.1) is 19.2 Å². The Balaban J connectivity index is 2.20. The lowest BCUT2D eigenvalue weighted by atomic mass is 10.2. The number of hydrogen-bond acceptors (Lipinski definition) is 4. The molecule has 0 aliphatic heterocycles. The lowest BCUT2D eigenvalue weighted by Crippen LogP contribution is -2.27. The molecule has 0 saturated heterocycles. The van der Waals surface area contributed by atoms with Crippen molar-refractivity contribution in [2.45, 2.75) is 17.5 Å². The van der Waals surface area contributed by atoms with Crippen molar-refractivity contribution in [1.29, 1.82) is 0 Å². The van der Waals surface area contributed by atoms with Gasteiger partial charge in [-0.25, -0.2) is 8.42 Å². The van der Waals surface area contributed by atoms with E-state index in [-0.39, 0.29) is 17.5 Å². The molecule has 0 aliphatic rings. The van der Waals surface area contributed by atoms with E-state index in [1.54, 1.807) is 19.2 Å².